The molecule has 0 aliphatic heterocycles. The van der Waals surface area contributed by atoms with Gasteiger partial charge in [0.05, 0.1) is 5.75 Å². The van der Waals surface area contributed by atoms with Crippen molar-refractivity contribution in [1.29, 1.82) is 0 Å². The number of nitrogen functional groups attached to an aromatic ring is 1. The van der Waals surface area contributed by atoms with Crippen LogP contribution in [0.3, 0.4) is 0 Å². The van der Waals surface area contributed by atoms with Crippen LogP contribution in [0.2, 0.25) is 0 Å². The Morgan fingerprint density at radius 1 is 1.56 bits per heavy atom. The van der Waals surface area contributed by atoms with Crippen LogP contribution in [0.4, 0.5) is 5.82 Å². The van der Waals surface area contributed by atoms with Crippen molar-refractivity contribution in [3.63, 3.8) is 0 Å². The molecule has 0 atom stereocenters. The summed E-state index contributed by atoms with van der Waals surface area (Å²) in [4.78, 5) is 15.6. The molecule has 1 aromatic rings. The fourth-order valence-electron chi connectivity index (χ4n) is 1.30. The summed E-state index contributed by atoms with van der Waals surface area (Å²) in [6, 6.07) is 3.76. The molecule has 1 rings (SSSR count). The maximum absolute atomic E-state index is 11.5. The zero-order chi connectivity index (χ0) is 13.6. The third-order valence-electron chi connectivity index (χ3n) is 1.93. The van der Waals surface area contributed by atoms with E-state index in [-0.39, 0.29) is 5.97 Å². The molecular weight excluding hydrogens is 250 g/mol. The van der Waals surface area contributed by atoms with Crippen molar-refractivity contribution in [2.75, 3.05) is 11.2 Å². The summed E-state index contributed by atoms with van der Waals surface area (Å²) in [5.41, 5.74) is 3.06. The highest BCUT2D eigenvalue weighted by molar-refractivity contribution is 7.99. The first kappa shape index (κ1) is 14.8. The number of hydrogen-bond acceptors (Lipinski definition) is 6. The summed E-state index contributed by atoms with van der Waals surface area (Å²) in [6.45, 7) is 5.56. The van der Waals surface area contributed by atoms with Gasteiger partial charge in [0.1, 0.15) is 11.4 Å². The number of hydrazine groups is 1. The van der Waals surface area contributed by atoms with Crippen LogP contribution in [0.1, 0.15) is 26.3 Å². The van der Waals surface area contributed by atoms with Gasteiger partial charge in [-0.15, -0.1) is 11.8 Å². The Labute approximate surface area is 111 Å². The minimum atomic E-state index is -0.435. The van der Waals surface area contributed by atoms with Gasteiger partial charge in [-0.1, -0.05) is 6.07 Å². The Bertz CT molecular complexity index is 405. The zero-order valence-electron chi connectivity index (χ0n) is 10.9. The van der Waals surface area contributed by atoms with E-state index in [0.29, 0.717) is 17.3 Å². The van der Waals surface area contributed by atoms with Gasteiger partial charge in [0.25, 0.3) is 0 Å². The van der Waals surface area contributed by atoms with Gasteiger partial charge >= 0.3 is 5.97 Å². The zero-order valence-corrected chi connectivity index (χ0v) is 11.7. The summed E-state index contributed by atoms with van der Waals surface area (Å²) < 4.78 is 5.22. The van der Waals surface area contributed by atoms with Crippen LogP contribution >= 0.6 is 11.8 Å². The largest absolute Gasteiger partial charge is 0.459 e. The highest BCUT2D eigenvalue weighted by Gasteiger charge is 2.16. The number of carbonyl (C=O) groups excluding carboxylic acids is 1. The van der Waals surface area contributed by atoms with E-state index in [1.165, 1.54) is 11.8 Å². The number of rotatable bonds is 5. The molecular formula is C12H19N3O2S. The average Bonchev–Trinajstić information content (AvgIpc) is 2.27. The Hall–Kier alpha value is -1.27. The van der Waals surface area contributed by atoms with Gasteiger partial charge < -0.3 is 10.2 Å². The van der Waals surface area contributed by atoms with Crippen molar-refractivity contribution in [2.45, 2.75) is 32.1 Å². The highest BCUT2D eigenvalue weighted by atomic mass is 32.2. The molecule has 0 fully saturated rings. The fourth-order valence-corrected chi connectivity index (χ4v) is 2.08. The molecule has 0 unspecified atom stereocenters. The van der Waals surface area contributed by atoms with E-state index in [1.807, 2.05) is 32.9 Å². The molecule has 0 radical (unpaired) electrons. The van der Waals surface area contributed by atoms with Crippen molar-refractivity contribution in [3.8, 4) is 0 Å². The summed E-state index contributed by atoms with van der Waals surface area (Å²) in [5, 5.41) is 0. The number of carbonyl (C=O) groups is 1. The molecule has 0 aliphatic rings. The topological polar surface area (TPSA) is 77.2 Å². The summed E-state index contributed by atoms with van der Waals surface area (Å²) in [6.07, 6.45) is 1.66. The van der Waals surface area contributed by atoms with E-state index < -0.39 is 5.60 Å². The fraction of sp³-hybridized carbons (Fsp3) is 0.500. The monoisotopic (exact) mass is 269 g/mol. The van der Waals surface area contributed by atoms with E-state index in [2.05, 4.69) is 10.4 Å². The second kappa shape index (κ2) is 6.61. The number of nitrogens with one attached hydrogen (secondary N) is 1. The second-order valence-electron chi connectivity index (χ2n) is 4.73. The van der Waals surface area contributed by atoms with Crippen molar-refractivity contribution in [2.24, 2.45) is 5.84 Å². The number of anilines is 1. The lowest BCUT2D eigenvalue weighted by Crippen LogP contribution is -2.25. The summed E-state index contributed by atoms with van der Waals surface area (Å²) >= 11 is 1.47. The number of pyridine rings is 1. The number of nitrogens with zero attached hydrogens (tertiary/aromatic N) is 1. The number of aromatic nitrogens is 1. The minimum absolute atomic E-state index is 0.210. The summed E-state index contributed by atoms with van der Waals surface area (Å²) in [7, 11) is 0. The molecule has 0 saturated heterocycles. The number of hydrogen-bond donors (Lipinski definition) is 2. The van der Waals surface area contributed by atoms with Gasteiger partial charge in [0.15, 0.2) is 0 Å². The smallest absolute Gasteiger partial charge is 0.316 e. The van der Waals surface area contributed by atoms with E-state index >= 15 is 0 Å². The van der Waals surface area contributed by atoms with E-state index in [1.54, 1.807) is 6.20 Å². The Balaban J connectivity index is 2.40. The van der Waals surface area contributed by atoms with Gasteiger partial charge in [0.2, 0.25) is 0 Å². The van der Waals surface area contributed by atoms with Crippen molar-refractivity contribution >= 4 is 23.5 Å². The number of ether oxygens (including phenoxy) is 1. The highest BCUT2D eigenvalue weighted by Crippen LogP contribution is 2.18. The van der Waals surface area contributed by atoms with Crippen LogP contribution in [-0.4, -0.2) is 22.3 Å². The Morgan fingerprint density at radius 3 is 2.89 bits per heavy atom. The van der Waals surface area contributed by atoms with Gasteiger partial charge in [0, 0.05) is 17.5 Å². The number of nitrogens with two attached hydrogens (primary N) is 1. The maximum Gasteiger partial charge on any atom is 0.316 e. The lowest BCUT2D eigenvalue weighted by molar-refractivity contribution is -0.151. The molecule has 0 saturated carbocycles. The third kappa shape index (κ3) is 5.37. The predicted molar refractivity (Wildman–Crippen MR) is 74.1 cm³/mol. The first-order valence-corrected chi connectivity index (χ1v) is 6.78. The maximum atomic E-state index is 11.5. The molecule has 100 valence electrons. The molecule has 1 heterocycles. The van der Waals surface area contributed by atoms with Crippen LogP contribution in [0.15, 0.2) is 18.3 Å². The van der Waals surface area contributed by atoms with Crippen molar-refractivity contribution < 1.29 is 9.53 Å². The van der Waals surface area contributed by atoms with Gasteiger partial charge in [-0.3, -0.25) is 4.79 Å². The molecule has 1 aromatic heterocycles. The van der Waals surface area contributed by atoms with E-state index in [4.69, 9.17) is 10.6 Å². The first-order chi connectivity index (χ1) is 8.42. The third-order valence-corrected chi connectivity index (χ3v) is 2.88. The molecule has 0 amide bonds. The molecule has 5 nitrogen and oxygen atoms in total. The molecule has 0 bridgehead atoms. The second-order valence-corrected chi connectivity index (χ2v) is 5.72. The lowest BCUT2D eigenvalue weighted by Gasteiger charge is -2.19. The molecule has 18 heavy (non-hydrogen) atoms. The molecule has 3 N–H and O–H groups in total. The minimum Gasteiger partial charge on any atom is -0.459 e. The van der Waals surface area contributed by atoms with Gasteiger partial charge in [-0.05, 0) is 26.8 Å². The quantitative estimate of drug-likeness (QED) is 0.483. The molecule has 0 spiro atoms. The van der Waals surface area contributed by atoms with Crippen LogP contribution in [0.5, 0.6) is 0 Å². The predicted octanol–water partition coefficient (Wildman–Crippen LogP) is 1.94. The van der Waals surface area contributed by atoms with E-state index in [9.17, 15) is 4.79 Å². The van der Waals surface area contributed by atoms with Crippen LogP contribution in [0, 0.1) is 0 Å². The van der Waals surface area contributed by atoms with Crippen LogP contribution < -0.4 is 11.3 Å². The SMILES string of the molecule is CC(C)(C)OC(=O)CSCc1cccnc1NN. The average molecular weight is 269 g/mol. The van der Waals surface area contributed by atoms with Gasteiger partial charge in [-0.25, -0.2) is 10.8 Å². The van der Waals surface area contributed by atoms with E-state index in [0.717, 1.165) is 5.56 Å². The van der Waals surface area contributed by atoms with Crippen molar-refractivity contribution in [3.05, 3.63) is 23.9 Å². The molecule has 0 aliphatic carbocycles. The normalized spacial score (nSPS) is 11.1. The van der Waals surface area contributed by atoms with Gasteiger partial charge in [-0.2, -0.15) is 0 Å². The molecule has 0 aromatic carbocycles. The first-order valence-electron chi connectivity index (χ1n) is 5.62. The Kier molecular flexibility index (Phi) is 5.43. The molecule has 6 heteroatoms. The van der Waals surface area contributed by atoms with Crippen LogP contribution in [-0.2, 0) is 15.3 Å². The summed E-state index contributed by atoms with van der Waals surface area (Å²) in [5.74, 6) is 6.75. The lowest BCUT2D eigenvalue weighted by atomic mass is 10.2. The van der Waals surface area contributed by atoms with Crippen molar-refractivity contribution in [1.82, 2.24) is 4.98 Å². The number of thioether (sulfide) groups is 1. The van der Waals surface area contributed by atoms with Crippen LogP contribution in [0.25, 0.3) is 0 Å². The Morgan fingerprint density at radius 2 is 2.28 bits per heavy atom. The number of esters is 1. The standard InChI is InChI=1S/C12H19N3O2S/c1-12(2,3)17-10(16)8-18-7-9-5-4-6-14-11(9)15-13/h4-6H,7-8,13H2,1-3H3,(H,14,15).